The summed E-state index contributed by atoms with van der Waals surface area (Å²) in [5.74, 6) is -0.0230. The second-order valence-corrected chi connectivity index (χ2v) is 6.74. The van der Waals surface area contributed by atoms with Gasteiger partial charge in [-0.2, -0.15) is 0 Å². The van der Waals surface area contributed by atoms with Gasteiger partial charge in [-0.3, -0.25) is 10.1 Å². The van der Waals surface area contributed by atoms with Crippen molar-refractivity contribution in [1.29, 1.82) is 0 Å². The molecule has 0 unspecified atom stereocenters. The number of nitrogens with one attached hydrogen (secondary N) is 1. The lowest BCUT2D eigenvalue weighted by atomic mass is 10.1. The number of benzene rings is 2. The number of ketones is 1. The predicted molar refractivity (Wildman–Crippen MR) is 106 cm³/mol. The molecular formula is C21H22BrNO3. The number of rotatable bonds is 8. The van der Waals surface area contributed by atoms with Crippen LogP contribution in [0.3, 0.4) is 0 Å². The molecule has 5 heteroatoms. The highest BCUT2D eigenvalue weighted by atomic mass is 79.9. The number of halogens is 1. The van der Waals surface area contributed by atoms with Crippen molar-refractivity contribution in [2.45, 2.75) is 32.8 Å². The van der Waals surface area contributed by atoms with E-state index in [9.17, 15) is 9.59 Å². The Bertz CT molecular complexity index is 772. The van der Waals surface area contributed by atoms with E-state index in [1.165, 1.54) is 6.08 Å². The Labute approximate surface area is 162 Å². The number of hydrogen-bond donors (Lipinski definition) is 1. The third-order valence-corrected chi connectivity index (χ3v) is 4.16. The monoisotopic (exact) mass is 415 g/mol. The van der Waals surface area contributed by atoms with Gasteiger partial charge in [0.15, 0.2) is 5.78 Å². The summed E-state index contributed by atoms with van der Waals surface area (Å²) in [7, 11) is 0. The molecule has 0 fully saturated rings. The standard InChI is InChI=1S/C21H22BrNO3/c1-2-3-12-19(24)14-20(17-10-7-11-18(22)13-17)23-21(25)26-15-16-8-5-4-6-9-16/h4-11,13-14H,2-3,12,15H2,1H3,(H,23,25)/b20-14-. The zero-order valence-corrected chi connectivity index (χ0v) is 16.3. The van der Waals surface area contributed by atoms with Crippen LogP contribution >= 0.6 is 15.9 Å². The summed E-state index contributed by atoms with van der Waals surface area (Å²) in [5, 5.41) is 2.70. The summed E-state index contributed by atoms with van der Waals surface area (Å²) in [5.41, 5.74) is 2.07. The van der Waals surface area contributed by atoms with Crippen LogP contribution in [0.25, 0.3) is 5.70 Å². The Hall–Kier alpha value is -2.40. The van der Waals surface area contributed by atoms with Crippen molar-refractivity contribution < 1.29 is 14.3 Å². The molecular weight excluding hydrogens is 394 g/mol. The van der Waals surface area contributed by atoms with Crippen molar-refractivity contribution in [3.05, 3.63) is 76.3 Å². The van der Waals surface area contributed by atoms with Gasteiger partial charge >= 0.3 is 6.09 Å². The molecule has 2 rings (SSSR count). The number of alkyl carbamates (subject to hydrolysis) is 1. The van der Waals surface area contributed by atoms with E-state index in [1.807, 2.05) is 61.5 Å². The number of carbonyl (C=O) groups is 2. The van der Waals surface area contributed by atoms with Crippen molar-refractivity contribution in [3.63, 3.8) is 0 Å². The first-order valence-electron chi connectivity index (χ1n) is 8.56. The van der Waals surface area contributed by atoms with E-state index in [4.69, 9.17) is 4.74 Å². The molecule has 136 valence electrons. The highest BCUT2D eigenvalue weighted by Crippen LogP contribution is 2.18. The number of unbranched alkanes of at least 4 members (excludes halogenated alkanes) is 1. The fourth-order valence-corrected chi connectivity index (χ4v) is 2.70. The summed E-state index contributed by atoms with van der Waals surface area (Å²) in [4.78, 5) is 24.3. The molecule has 0 aliphatic rings. The largest absolute Gasteiger partial charge is 0.444 e. The quantitative estimate of drug-likeness (QED) is 0.580. The average Bonchev–Trinajstić information content (AvgIpc) is 2.65. The van der Waals surface area contributed by atoms with Gasteiger partial charge in [0, 0.05) is 17.0 Å². The molecule has 0 radical (unpaired) electrons. The molecule has 0 aromatic heterocycles. The van der Waals surface area contributed by atoms with Crippen LogP contribution in [0, 0.1) is 0 Å². The number of ether oxygens (including phenoxy) is 1. The summed E-state index contributed by atoms with van der Waals surface area (Å²) in [6.45, 7) is 2.20. The van der Waals surface area contributed by atoms with E-state index in [0.29, 0.717) is 12.1 Å². The van der Waals surface area contributed by atoms with E-state index in [1.54, 1.807) is 0 Å². The van der Waals surface area contributed by atoms with Crippen LogP contribution in [0.5, 0.6) is 0 Å². The van der Waals surface area contributed by atoms with Gasteiger partial charge < -0.3 is 4.74 Å². The molecule has 2 aromatic rings. The molecule has 1 N–H and O–H groups in total. The van der Waals surface area contributed by atoms with Crippen molar-refractivity contribution in [1.82, 2.24) is 5.32 Å². The van der Waals surface area contributed by atoms with Crippen molar-refractivity contribution in [3.8, 4) is 0 Å². The minimum Gasteiger partial charge on any atom is -0.444 e. The van der Waals surface area contributed by atoms with Gasteiger partial charge in [0.1, 0.15) is 6.61 Å². The van der Waals surface area contributed by atoms with E-state index in [0.717, 1.165) is 28.4 Å². The average molecular weight is 416 g/mol. The molecule has 0 spiro atoms. The smallest absolute Gasteiger partial charge is 0.411 e. The van der Waals surface area contributed by atoms with Crippen LogP contribution in [-0.4, -0.2) is 11.9 Å². The van der Waals surface area contributed by atoms with Gasteiger partial charge in [0.2, 0.25) is 0 Å². The van der Waals surface area contributed by atoms with Gasteiger partial charge in [-0.05, 0) is 29.7 Å². The highest BCUT2D eigenvalue weighted by Gasteiger charge is 2.11. The van der Waals surface area contributed by atoms with Crippen LogP contribution in [0.4, 0.5) is 4.79 Å². The zero-order valence-electron chi connectivity index (χ0n) is 14.7. The Morgan fingerprint density at radius 3 is 2.58 bits per heavy atom. The fourth-order valence-electron chi connectivity index (χ4n) is 2.30. The SMILES string of the molecule is CCCCC(=O)/C=C(\NC(=O)OCc1ccccc1)c1cccc(Br)c1. The van der Waals surface area contributed by atoms with E-state index in [-0.39, 0.29) is 12.4 Å². The third kappa shape index (κ3) is 6.84. The van der Waals surface area contributed by atoms with Gasteiger partial charge in [-0.1, -0.05) is 71.7 Å². The number of hydrogen-bond acceptors (Lipinski definition) is 3. The van der Waals surface area contributed by atoms with Crippen LogP contribution < -0.4 is 5.32 Å². The topological polar surface area (TPSA) is 55.4 Å². The first-order valence-corrected chi connectivity index (χ1v) is 9.36. The zero-order chi connectivity index (χ0) is 18.8. The summed E-state index contributed by atoms with van der Waals surface area (Å²) >= 11 is 3.41. The minimum absolute atomic E-state index is 0.0230. The third-order valence-electron chi connectivity index (χ3n) is 3.67. The normalized spacial score (nSPS) is 11.1. The van der Waals surface area contributed by atoms with Crippen molar-refractivity contribution in [2.24, 2.45) is 0 Å². The maximum Gasteiger partial charge on any atom is 0.411 e. The molecule has 26 heavy (non-hydrogen) atoms. The van der Waals surface area contributed by atoms with E-state index < -0.39 is 6.09 Å². The van der Waals surface area contributed by atoms with Gasteiger partial charge in [-0.25, -0.2) is 4.79 Å². The molecule has 1 amide bonds. The minimum atomic E-state index is -0.594. The maximum absolute atomic E-state index is 12.2. The van der Waals surface area contributed by atoms with Crippen LogP contribution in [-0.2, 0) is 16.1 Å². The first kappa shape index (κ1) is 19.9. The summed E-state index contributed by atoms with van der Waals surface area (Å²) in [6, 6.07) is 16.8. The molecule has 0 heterocycles. The Kier molecular flexibility index (Phi) is 8.09. The van der Waals surface area contributed by atoms with E-state index >= 15 is 0 Å². The number of amides is 1. The van der Waals surface area contributed by atoms with Gasteiger partial charge in [-0.15, -0.1) is 0 Å². The summed E-state index contributed by atoms with van der Waals surface area (Å²) < 4.78 is 6.12. The Balaban J connectivity index is 2.09. The van der Waals surface area contributed by atoms with Gasteiger partial charge in [0.25, 0.3) is 0 Å². The molecule has 0 atom stereocenters. The molecule has 2 aromatic carbocycles. The van der Waals surface area contributed by atoms with Crippen molar-refractivity contribution in [2.75, 3.05) is 0 Å². The van der Waals surface area contributed by atoms with Crippen LogP contribution in [0.1, 0.15) is 37.3 Å². The lowest BCUT2D eigenvalue weighted by Crippen LogP contribution is -2.23. The van der Waals surface area contributed by atoms with E-state index in [2.05, 4.69) is 21.2 Å². The molecule has 0 bridgehead atoms. The lowest BCUT2D eigenvalue weighted by Gasteiger charge is -2.11. The molecule has 4 nitrogen and oxygen atoms in total. The highest BCUT2D eigenvalue weighted by molar-refractivity contribution is 9.10. The number of carbonyl (C=O) groups excluding carboxylic acids is 2. The lowest BCUT2D eigenvalue weighted by molar-refractivity contribution is -0.114. The Morgan fingerprint density at radius 1 is 1.12 bits per heavy atom. The molecule has 0 aliphatic carbocycles. The first-order chi connectivity index (χ1) is 12.6. The van der Waals surface area contributed by atoms with Crippen molar-refractivity contribution >= 4 is 33.5 Å². The fraction of sp³-hybridized carbons (Fsp3) is 0.238. The maximum atomic E-state index is 12.2. The Morgan fingerprint density at radius 2 is 1.88 bits per heavy atom. The van der Waals surface area contributed by atoms with Gasteiger partial charge in [0.05, 0.1) is 5.70 Å². The molecule has 0 saturated heterocycles. The van der Waals surface area contributed by atoms with Crippen LogP contribution in [0.2, 0.25) is 0 Å². The molecule has 0 aliphatic heterocycles. The second-order valence-electron chi connectivity index (χ2n) is 5.82. The second kappa shape index (κ2) is 10.6. The number of allylic oxidation sites excluding steroid dienone is 1. The predicted octanol–water partition coefficient (Wildman–Crippen LogP) is 5.48. The van der Waals surface area contributed by atoms with Crippen LogP contribution in [0.15, 0.2) is 65.1 Å². The molecule has 0 saturated carbocycles. The summed E-state index contributed by atoms with van der Waals surface area (Å²) in [6.07, 6.45) is 3.09.